The van der Waals surface area contributed by atoms with Crippen molar-refractivity contribution in [2.45, 2.75) is 26.9 Å². The summed E-state index contributed by atoms with van der Waals surface area (Å²) in [6.45, 7) is 11.2. The first-order chi connectivity index (χ1) is 13.1. The monoisotopic (exact) mass is 498 g/mol. The van der Waals surface area contributed by atoms with Crippen molar-refractivity contribution in [2.24, 2.45) is 4.99 Å². The molecule has 2 aromatic rings. The summed E-state index contributed by atoms with van der Waals surface area (Å²) in [5.74, 6) is 1.40. The van der Waals surface area contributed by atoms with Gasteiger partial charge >= 0.3 is 0 Å². The topological polar surface area (TPSA) is 64.2 Å². The molecule has 7 heteroatoms. The molecule has 1 unspecified atom stereocenters. The predicted molar refractivity (Wildman–Crippen MR) is 125 cm³/mol. The number of guanidine groups is 1. The quantitative estimate of drug-likeness (QED) is 0.376. The fraction of sp³-hybridized carbons (Fsp3) is 0.476. The third-order valence-corrected chi connectivity index (χ3v) is 5.12. The van der Waals surface area contributed by atoms with Gasteiger partial charge in [-0.2, -0.15) is 0 Å². The number of piperazine rings is 1. The lowest BCUT2D eigenvalue weighted by Gasteiger charge is -2.38. The lowest BCUT2D eigenvalue weighted by Crippen LogP contribution is -2.52. The number of aliphatic hydroxyl groups is 1. The molecule has 0 amide bonds. The molecule has 6 nitrogen and oxygen atoms in total. The second-order valence-electron chi connectivity index (χ2n) is 6.92. The summed E-state index contributed by atoms with van der Waals surface area (Å²) < 4.78 is 5.26. The lowest BCUT2D eigenvalue weighted by atomic mass is 10.1. The molecule has 28 heavy (non-hydrogen) atoms. The normalized spacial score (nSPS) is 15.9. The van der Waals surface area contributed by atoms with Crippen molar-refractivity contribution < 1.29 is 9.52 Å². The van der Waals surface area contributed by atoms with Gasteiger partial charge in [0.25, 0.3) is 0 Å². The summed E-state index contributed by atoms with van der Waals surface area (Å²) in [6, 6.07) is 10.0. The number of hydrogen-bond donors (Lipinski definition) is 2. The van der Waals surface area contributed by atoms with E-state index in [4.69, 9.17) is 4.42 Å². The average molecular weight is 498 g/mol. The van der Waals surface area contributed by atoms with Crippen LogP contribution in [-0.4, -0.2) is 55.2 Å². The van der Waals surface area contributed by atoms with E-state index in [2.05, 4.69) is 59.1 Å². The van der Waals surface area contributed by atoms with Gasteiger partial charge in [-0.15, -0.1) is 24.0 Å². The van der Waals surface area contributed by atoms with Gasteiger partial charge in [0.1, 0.15) is 11.9 Å². The molecular formula is C21H31IN4O2. The summed E-state index contributed by atoms with van der Waals surface area (Å²) in [4.78, 5) is 9.33. The fourth-order valence-corrected chi connectivity index (χ4v) is 3.41. The van der Waals surface area contributed by atoms with Gasteiger partial charge in [-0.05, 0) is 50.1 Å². The number of halogens is 1. The van der Waals surface area contributed by atoms with Gasteiger partial charge in [0, 0.05) is 38.4 Å². The van der Waals surface area contributed by atoms with Gasteiger partial charge in [0.05, 0.1) is 12.8 Å². The van der Waals surface area contributed by atoms with E-state index in [0.29, 0.717) is 5.76 Å². The number of rotatable bonds is 5. The Morgan fingerprint density at radius 1 is 1.18 bits per heavy atom. The number of nitrogens with zero attached hydrogens (tertiary/aromatic N) is 3. The number of furan rings is 1. The zero-order valence-electron chi connectivity index (χ0n) is 16.9. The largest absolute Gasteiger partial charge is 0.467 e. The molecule has 1 fully saturated rings. The number of benzene rings is 1. The van der Waals surface area contributed by atoms with E-state index >= 15 is 0 Å². The van der Waals surface area contributed by atoms with Crippen molar-refractivity contribution in [3.05, 3.63) is 53.5 Å². The molecule has 1 aliphatic rings. The number of nitrogens with one attached hydrogen (secondary N) is 1. The van der Waals surface area contributed by atoms with Crippen LogP contribution in [0.1, 0.15) is 29.9 Å². The maximum absolute atomic E-state index is 10.2. The van der Waals surface area contributed by atoms with Crippen LogP contribution in [0.25, 0.3) is 0 Å². The minimum atomic E-state index is -0.718. The van der Waals surface area contributed by atoms with E-state index in [0.717, 1.165) is 38.7 Å². The predicted octanol–water partition coefficient (Wildman–Crippen LogP) is 3.34. The molecule has 1 aromatic heterocycles. The highest BCUT2D eigenvalue weighted by Gasteiger charge is 2.21. The van der Waals surface area contributed by atoms with E-state index in [1.54, 1.807) is 18.4 Å². The molecule has 2 heterocycles. The van der Waals surface area contributed by atoms with Crippen molar-refractivity contribution in [3.8, 4) is 0 Å². The van der Waals surface area contributed by atoms with Gasteiger partial charge in [-0.1, -0.05) is 12.1 Å². The van der Waals surface area contributed by atoms with Crippen LogP contribution in [0.4, 0.5) is 5.69 Å². The zero-order valence-corrected chi connectivity index (χ0v) is 19.2. The Kier molecular flexibility index (Phi) is 8.62. The highest BCUT2D eigenvalue weighted by molar-refractivity contribution is 14.0. The number of aliphatic imine (C=N–C) groups is 1. The van der Waals surface area contributed by atoms with E-state index in [-0.39, 0.29) is 30.5 Å². The Morgan fingerprint density at radius 3 is 2.57 bits per heavy atom. The first-order valence-corrected chi connectivity index (χ1v) is 9.66. The molecule has 0 radical (unpaired) electrons. The molecule has 0 saturated carbocycles. The van der Waals surface area contributed by atoms with Gasteiger partial charge in [0.2, 0.25) is 0 Å². The third-order valence-electron chi connectivity index (χ3n) is 5.12. The van der Waals surface area contributed by atoms with Crippen LogP contribution in [0, 0.1) is 13.8 Å². The Balaban J connectivity index is 0.00000280. The standard InChI is InChI=1S/C21H30N4O2.HI/c1-4-22-21(23-15-19(26)20-9-6-14-27-20)25-12-10-24(11-13-25)18-8-5-7-16(2)17(18)3;/h5-9,14,19,26H,4,10-13,15H2,1-3H3,(H,22,23);1H. The summed E-state index contributed by atoms with van der Waals surface area (Å²) in [7, 11) is 0. The van der Waals surface area contributed by atoms with Gasteiger partial charge in [-0.25, -0.2) is 4.99 Å². The second-order valence-corrected chi connectivity index (χ2v) is 6.92. The number of anilines is 1. The molecule has 1 aromatic carbocycles. The van der Waals surface area contributed by atoms with Gasteiger partial charge in [-0.3, -0.25) is 0 Å². The minimum Gasteiger partial charge on any atom is -0.467 e. The Bertz CT molecular complexity index is 756. The van der Waals surface area contributed by atoms with E-state index in [1.165, 1.54) is 16.8 Å². The zero-order chi connectivity index (χ0) is 19.2. The molecule has 1 aliphatic heterocycles. The number of aliphatic hydroxyl groups excluding tert-OH is 1. The molecule has 1 atom stereocenters. The summed E-state index contributed by atoms with van der Waals surface area (Å²) in [5.41, 5.74) is 4.01. The molecule has 0 aliphatic carbocycles. The van der Waals surface area contributed by atoms with Crippen molar-refractivity contribution in [1.29, 1.82) is 0 Å². The van der Waals surface area contributed by atoms with Crippen LogP contribution >= 0.6 is 24.0 Å². The summed E-state index contributed by atoms with van der Waals surface area (Å²) >= 11 is 0. The number of aryl methyl sites for hydroxylation is 1. The Labute approximate surface area is 184 Å². The molecule has 154 valence electrons. The van der Waals surface area contributed by atoms with Crippen LogP contribution in [0.5, 0.6) is 0 Å². The van der Waals surface area contributed by atoms with Crippen LogP contribution in [0.3, 0.4) is 0 Å². The maximum Gasteiger partial charge on any atom is 0.194 e. The van der Waals surface area contributed by atoms with Gasteiger partial charge in [0.15, 0.2) is 5.96 Å². The van der Waals surface area contributed by atoms with E-state index < -0.39 is 6.10 Å². The van der Waals surface area contributed by atoms with E-state index in [1.807, 2.05) is 0 Å². The maximum atomic E-state index is 10.2. The Morgan fingerprint density at radius 2 is 1.93 bits per heavy atom. The molecule has 1 saturated heterocycles. The molecule has 0 bridgehead atoms. The van der Waals surface area contributed by atoms with Crippen molar-refractivity contribution in [2.75, 3.05) is 44.2 Å². The molecule has 2 N–H and O–H groups in total. The highest BCUT2D eigenvalue weighted by atomic mass is 127. The van der Waals surface area contributed by atoms with Crippen LogP contribution < -0.4 is 10.2 Å². The fourth-order valence-electron chi connectivity index (χ4n) is 3.41. The number of hydrogen-bond acceptors (Lipinski definition) is 4. The molecular weight excluding hydrogens is 467 g/mol. The first-order valence-electron chi connectivity index (χ1n) is 9.66. The van der Waals surface area contributed by atoms with Crippen LogP contribution in [-0.2, 0) is 0 Å². The highest BCUT2D eigenvalue weighted by Crippen LogP contribution is 2.24. The van der Waals surface area contributed by atoms with Crippen molar-refractivity contribution in [3.63, 3.8) is 0 Å². The molecule has 0 spiro atoms. The van der Waals surface area contributed by atoms with Gasteiger partial charge < -0.3 is 24.6 Å². The molecule has 3 rings (SSSR count). The SMILES string of the molecule is CCNC(=NCC(O)c1ccco1)N1CCN(c2cccc(C)c2C)CC1.I. The minimum absolute atomic E-state index is 0. The lowest BCUT2D eigenvalue weighted by molar-refractivity contribution is 0.158. The van der Waals surface area contributed by atoms with Crippen molar-refractivity contribution in [1.82, 2.24) is 10.2 Å². The summed E-state index contributed by atoms with van der Waals surface area (Å²) in [5, 5.41) is 13.6. The summed E-state index contributed by atoms with van der Waals surface area (Å²) in [6.07, 6.45) is 0.852. The smallest absolute Gasteiger partial charge is 0.194 e. The van der Waals surface area contributed by atoms with Crippen LogP contribution in [0.2, 0.25) is 0 Å². The van der Waals surface area contributed by atoms with Crippen LogP contribution in [0.15, 0.2) is 46.0 Å². The third kappa shape index (κ3) is 5.41. The Hall–Kier alpha value is -1.74. The average Bonchev–Trinajstić information content (AvgIpc) is 3.22. The van der Waals surface area contributed by atoms with Crippen molar-refractivity contribution >= 4 is 35.6 Å². The first kappa shape index (κ1) is 22.5. The second kappa shape index (κ2) is 10.7. The van der Waals surface area contributed by atoms with E-state index in [9.17, 15) is 5.11 Å².